The average molecular weight is 218 g/mol. The van der Waals surface area contributed by atoms with Crippen LogP contribution >= 0.6 is 0 Å². The number of hydrogen-bond donors (Lipinski definition) is 0. The van der Waals surface area contributed by atoms with E-state index in [0.717, 1.165) is 5.75 Å². The lowest BCUT2D eigenvalue weighted by Crippen LogP contribution is -2.32. The fraction of sp³-hybridized carbons (Fsp3) is 0.357. The van der Waals surface area contributed by atoms with Gasteiger partial charge in [0.25, 0.3) is 0 Å². The van der Waals surface area contributed by atoms with Gasteiger partial charge in [0.05, 0.1) is 12.5 Å². The Hall–Kier alpha value is -1.57. The molecule has 86 valence electrons. The van der Waals surface area contributed by atoms with Gasteiger partial charge in [-0.3, -0.25) is 0 Å². The summed E-state index contributed by atoms with van der Waals surface area (Å²) in [6, 6.07) is 10.4. The van der Waals surface area contributed by atoms with Gasteiger partial charge in [0.15, 0.2) is 5.69 Å². The number of aryl methyl sites for hydroxylation is 2. The molecule has 2 nitrogen and oxygen atoms in total. The first-order valence-corrected chi connectivity index (χ1v) is 5.66. The van der Waals surface area contributed by atoms with E-state index in [-0.39, 0.29) is 0 Å². The molecule has 1 heterocycles. The number of methoxy groups -OCH3 is 1. The zero-order chi connectivity index (χ0) is 12.1. The van der Waals surface area contributed by atoms with Crippen molar-refractivity contribution >= 4 is 10.9 Å². The number of hydrogen-bond acceptors (Lipinski definition) is 1. The highest BCUT2D eigenvalue weighted by Gasteiger charge is 2.07. The van der Waals surface area contributed by atoms with E-state index in [4.69, 9.17) is 4.74 Å². The van der Waals surface area contributed by atoms with Crippen LogP contribution in [0.1, 0.15) is 19.5 Å². The fourth-order valence-electron chi connectivity index (χ4n) is 1.61. The van der Waals surface area contributed by atoms with Crippen LogP contribution in [-0.2, 0) is 7.05 Å². The van der Waals surface area contributed by atoms with Gasteiger partial charge in [-0.05, 0) is 18.2 Å². The van der Waals surface area contributed by atoms with E-state index in [2.05, 4.69) is 42.8 Å². The van der Waals surface area contributed by atoms with Crippen LogP contribution in [-0.4, -0.2) is 7.11 Å². The lowest BCUT2D eigenvalue weighted by atomic mass is 10.2. The summed E-state index contributed by atoms with van der Waals surface area (Å²) in [6.45, 7) is 6.10. The van der Waals surface area contributed by atoms with Crippen LogP contribution in [0.25, 0.3) is 10.9 Å². The van der Waals surface area contributed by atoms with Crippen molar-refractivity contribution in [2.75, 3.05) is 7.11 Å². The predicted molar refractivity (Wildman–Crippen MR) is 67.8 cm³/mol. The Morgan fingerprint density at radius 3 is 2.38 bits per heavy atom. The summed E-state index contributed by atoms with van der Waals surface area (Å²) >= 11 is 0. The maximum absolute atomic E-state index is 5.18. The van der Waals surface area contributed by atoms with Gasteiger partial charge in [-0.25, -0.2) is 0 Å². The van der Waals surface area contributed by atoms with E-state index in [1.807, 2.05) is 19.9 Å². The number of pyridine rings is 1. The van der Waals surface area contributed by atoms with Crippen molar-refractivity contribution in [3.63, 3.8) is 0 Å². The molecular formula is C14H20NO+. The number of fused-ring (bicyclic) bond motifs is 1. The summed E-state index contributed by atoms with van der Waals surface area (Å²) in [5.74, 6) is 0.904. The Bertz CT molecular complexity index is 477. The molecule has 0 aliphatic rings. The first kappa shape index (κ1) is 12.5. The quantitative estimate of drug-likeness (QED) is 0.671. The molecule has 1 aromatic carbocycles. The molecule has 1 aromatic heterocycles. The molecule has 0 spiro atoms. The third kappa shape index (κ3) is 2.32. The van der Waals surface area contributed by atoms with Crippen molar-refractivity contribution in [1.82, 2.24) is 0 Å². The largest absolute Gasteiger partial charge is 0.497 e. The summed E-state index contributed by atoms with van der Waals surface area (Å²) in [6.07, 6.45) is 0. The van der Waals surface area contributed by atoms with Crippen LogP contribution < -0.4 is 9.30 Å². The molecule has 0 aliphatic carbocycles. The van der Waals surface area contributed by atoms with E-state index in [0.29, 0.717) is 0 Å². The third-order valence-electron chi connectivity index (χ3n) is 2.63. The Kier molecular flexibility index (Phi) is 4.29. The Balaban J connectivity index is 0.000000606. The minimum atomic E-state index is 0.904. The molecule has 0 amide bonds. The monoisotopic (exact) mass is 218 g/mol. The Morgan fingerprint density at radius 1 is 1.06 bits per heavy atom. The molecule has 0 N–H and O–H groups in total. The molecule has 0 unspecified atom stereocenters. The summed E-state index contributed by atoms with van der Waals surface area (Å²) in [5.41, 5.74) is 2.48. The molecule has 0 bridgehead atoms. The molecule has 0 atom stereocenters. The molecule has 2 aromatic rings. The maximum Gasteiger partial charge on any atom is 0.212 e. The third-order valence-corrected chi connectivity index (χ3v) is 2.63. The zero-order valence-electron chi connectivity index (χ0n) is 10.7. The van der Waals surface area contributed by atoms with Gasteiger partial charge in [0, 0.05) is 19.1 Å². The summed E-state index contributed by atoms with van der Waals surface area (Å²) in [7, 11) is 3.76. The first-order chi connectivity index (χ1) is 7.72. The summed E-state index contributed by atoms with van der Waals surface area (Å²) in [4.78, 5) is 0. The number of nitrogens with zero attached hydrogens (tertiary/aromatic N) is 1. The highest BCUT2D eigenvalue weighted by molar-refractivity contribution is 5.77. The SMILES string of the molecule is CC.COc1ccc2c(ccc(C)[n+]2C)c1. The van der Waals surface area contributed by atoms with E-state index >= 15 is 0 Å². The summed E-state index contributed by atoms with van der Waals surface area (Å²) in [5, 5.41) is 1.21. The second kappa shape index (κ2) is 5.50. The lowest BCUT2D eigenvalue weighted by Gasteiger charge is -2.02. The molecule has 2 heteroatoms. The van der Waals surface area contributed by atoms with Crippen molar-refractivity contribution in [1.29, 1.82) is 0 Å². The highest BCUT2D eigenvalue weighted by Crippen LogP contribution is 2.18. The van der Waals surface area contributed by atoms with E-state index in [1.54, 1.807) is 7.11 Å². The standard InChI is InChI=1S/C12H14NO.C2H6/c1-9-4-5-10-8-11(14-3)6-7-12(10)13(9)2;1-2/h4-8H,1-3H3;1-2H3/q+1;. The normalized spacial score (nSPS) is 9.56. The van der Waals surface area contributed by atoms with Crippen molar-refractivity contribution in [2.45, 2.75) is 20.8 Å². The Morgan fingerprint density at radius 2 is 1.75 bits per heavy atom. The highest BCUT2D eigenvalue weighted by atomic mass is 16.5. The lowest BCUT2D eigenvalue weighted by molar-refractivity contribution is -0.651. The first-order valence-electron chi connectivity index (χ1n) is 5.66. The second-order valence-corrected chi connectivity index (χ2v) is 3.46. The Labute approximate surface area is 97.5 Å². The van der Waals surface area contributed by atoms with Crippen molar-refractivity contribution in [2.24, 2.45) is 7.05 Å². The summed E-state index contributed by atoms with van der Waals surface area (Å²) < 4.78 is 7.36. The number of ether oxygens (including phenoxy) is 1. The van der Waals surface area contributed by atoms with Gasteiger partial charge in [-0.2, -0.15) is 4.57 Å². The van der Waals surface area contributed by atoms with Crippen LogP contribution in [0.15, 0.2) is 30.3 Å². The van der Waals surface area contributed by atoms with Crippen LogP contribution in [0.2, 0.25) is 0 Å². The van der Waals surface area contributed by atoms with Crippen molar-refractivity contribution in [3.05, 3.63) is 36.0 Å². The molecule has 0 saturated heterocycles. The van der Waals surface area contributed by atoms with Gasteiger partial charge in [-0.15, -0.1) is 0 Å². The molecule has 2 rings (SSSR count). The minimum absolute atomic E-state index is 0.904. The zero-order valence-corrected chi connectivity index (χ0v) is 10.7. The number of aromatic nitrogens is 1. The predicted octanol–water partition coefficient (Wildman–Crippen LogP) is 3.01. The second-order valence-electron chi connectivity index (χ2n) is 3.46. The van der Waals surface area contributed by atoms with Gasteiger partial charge in [-0.1, -0.05) is 13.8 Å². The van der Waals surface area contributed by atoms with Gasteiger partial charge < -0.3 is 4.74 Å². The van der Waals surface area contributed by atoms with Crippen LogP contribution in [0.3, 0.4) is 0 Å². The molecule has 16 heavy (non-hydrogen) atoms. The van der Waals surface area contributed by atoms with E-state index in [9.17, 15) is 0 Å². The van der Waals surface area contributed by atoms with E-state index in [1.165, 1.54) is 16.6 Å². The number of rotatable bonds is 1. The van der Waals surface area contributed by atoms with Gasteiger partial charge >= 0.3 is 0 Å². The van der Waals surface area contributed by atoms with Crippen LogP contribution in [0, 0.1) is 6.92 Å². The van der Waals surface area contributed by atoms with Gasteiger partial charge in [0.1, 0.15) is 12.8 Å². The smallest absolute Gasteiger partial charge is 0.212 e. The molecule has 0 fully saturated rings. The van der Waals surface area contributed by atoms with Crippen molar-refractivity contribution < 1.29 is 9.30 Å². The molecule has 0 aliphatic heterocycles. The maximum atomic E-state index is 5.18. The van der Waals surface area contributed by atoms with Crippen molar-refractivity contribution in [3.8, 4) is 5.75 Å². The average Bonchev–Trinajstić information content (AvgIpc) is 2.36. The molecule has 0 radical (unpaired) electrons. The number of benzene rings is 1. The van der Waals surface area contributed by atoms with Crippen LogP contribution in [0.4, 0.5) is 0 Å². The van der Waals surface area contributed by atoms with E-state index < -0.39 is 0 Å². The topological polar surface area (TPSA) is 13.1 Å². The molecular weight excluding hydrogens is 198 g/mol. The minimum Gasteiger partial charge on any atom is -0.497 e. The van der Waals surface area contributed by atoms with Gasteiger partial charge in [0.2, 0.25) is 5.52 Å². The molecule has 0 saturated carbocycles. The van der Waals surface area contributed by atoms with Crippen LogP contribution in [0.5, 0.6) is 5.75 Å². The fourth-order valence-corrected chi connectivity index (χ4v) is 1.61.